The van der Waals surface area contributed by atoms with Gasteiger partial charge in [0.1, 0.15) is 5.82 Å². The zero-order valence-electron chi connectivity index (χ0n) is 14.7. The number of benzene rings is 2. The highest BCUT2D eigenvalue weighted by atomic mass is 19.1. The third-order valence-electron chi connectivity index (χ3n) is 4.56. The van der Waals surface area contributed by atoms with Crippen molar-refractivity contribution in [2.24, 2.45) is 0 Å². The van der Waals surface area contributed by atoms with Crippen LogP contribution < -0.4 is 10.6 Å². The summed E-state index contributed by atoms with van der Waals surface area (Å²) in [4.78, 5) is 26.5. The zero-order chi connectivity index (χ0) is 18.5. The lowest BCUT2D eigenvalue weighted by molar-refractivity contribution is -0.125. The van der Waals surface area contributed by atoms with E-state index in [0.717, 1.165) is 24.9 Å². The third kappa shape index (κ3) is 4.46. The molecule has 0 radical (unpaired) electrons. The molecule has 26 heavy (non-hydrogen) atoms. The molecule has 2 aromatic carbocycles. The fraction of sp³-hybridized carbons (Fsp3) is 0.300. The Balaban J connectivity index is 1.59. The van der Waals surface area contributed by atoms with Crippen LogP contribution in [0.4, 0.5) is 10.1 Å². The van der Waals surface area contributed by atoms with Gasteiger partial charge in [0.2, 0.25) is 5.91 Å². The van der Waals surface area contributed by atoms with Crippen LogP contribution in [-0.2, 0) is 11.3 Å². The topological polar surface area (TPSA) is 61.4 Å². The Morgan fingerprint density at radius 2 is 2.00 bits per heavy atom. The van der Waals surface area contributed by atoms with Crippen molar-refractivity contribution in [3.05, 3.63) is 65.5 Å². The smallest absolute Gasteiger partial charge is 0.255 e. The second kappa shape index (κ2) is 8.10. The first-order chi connectivity index (χ1) is 12.5. The van der Waals surface area contributed by atoms with Crippen molar-refractivity contribution < 1.29 is 14.0 Å². The Morgan fingerprint density at radius 1 is 1.19 bits per heavy atom. The first-order valence-corrected chi connectivity index (χ1v) is 8.67. The lowest BCUT2D eigenvalue weighted by Gasteiger charge is -2.18. The molecule has 1 heterocycles. The molecule has 1 saturated heterocycles. The number of likely N-dealkylation sites (N-methyl/N-ethyl adjacent to an activating group) is 1. The molecule has 1 fully saturated rings. The van der Waals surface area contributed by atoms with E-state index in [2.05, 4.69) is 15.5 Å². The molecule has 1 unspecified atom stereocenters. The fourth-order valence-corrected chi connectivity index (χ4v) is 3.14. The maximum Gasteiger partial charge on any atom is 0.255 e. The molecule has 2 amide bonds. The number of amides is 2. The number of carbonyl (C=O) groups excluding carboxylic acids is 2. The molecule has 2 aromatic rings. The van der Waals surface area contributed by atoms with Crippen LogP contribution in [0.25, 0.3) is 0 Å². The number of nitrogens with zero attached hydrogens (tertiary/aromatic N) is 1. The van der Waals surface area contributed by atoms with Crippen LogP contribution in [-0.4, -0.2) is 36.3 Å². The van der Waals surface area contributed by atoms with E-state index in [-0.39, 0.29) is 23.4 Å². The van der Waals surface area contributed by atoms with E-state index < -0.39 is 5.82 Å². The van der Waals surface area contributed by atoms with E-state index in [1.807, 2.05) is 19.2 Å². The van der Waals surface area contributed by atoms with Crippen LogP contribution >= 0.6 is 0 Å². The van der Waals surface area contributed by atoms with Crippen LogP contribution in [0.3, 0.4) is 0 Å². The molecule has 3 rings (SSSR count). The molecule has 6 heteroatoms. The first kappa shape index (κ1) is 18.1. The molecule has 0 spiro atoms. The van der Waals surface area contributed by atoms with Crippen LogP contribution in [0.1, 0.15) is 28.8 Å². The third-order valence-corrected chi connectivity index (χ3v) is 4.56. The highest BCUT2D eigenvalue weighted by Crippen LogP contribution is 2.16. The number of hydrogen-bond acceptors (Lipinski definition) is 3. The van der Waals surface area contributed by atoms with Crippen molar-refractivity contribution in [3.63, 3.8) is 0 Å². The van der Waals surface area contributed by atoms with Gasteiger partial charge in [0, 0.05) is 17.8 Å². The summed E-state index contributed by atoms with van der Waals surface area (Å²) in [6.07, 6.45) is 1.92. The predicted octanol–water partition coefficient (Wildman–Crippen LogP) is 2.79. The summed E-state index contributed by atoms with van der Waals surface area (Å²) >= 11 is 0. The molecule has 1 aliphatic heterocycles. The summed E-state index contributed by atoms with van der Waals surface area (Å²) in [5.41, 5.74) is 1.74. The van der Waals surface area contributed by atoms with Gasteiger partial charge in [-0.1, -0.05) is 18.2 Å². The monoisotopic (exact) mass is 355 g/mol. The molecular formula is C20H22FN3O2. The van der Waals surface area contributed by atoms with Crippen molar-refractivity contribution >= 4 is 17.5 Å². The van der Waals surface area contributed by atoms with E-state index in [1.54, 1.807) is 18.2 Å². The lowest BCUT2D eigenvalue weighted by atomic mass is 10.1. The minimum Gasteiger partial charge on any atom is -0.351 e. The molecule has 0 bridgehead atoms. The lowest BCUT2D eigenvalue weighted by Crippen LogP contribution is -2.41. The minimum atomic E-state index is -0.453. The molecule has 2 N–H and O–H groups in total. The molecule has 1 atom stereocenters. The van der Waals surface area contributed by atoms with Gasteiger partial charge in [-0.3, -0.25) is 14.5 Å². The number of hydrogen-bond donors (Lipinski definition) is 2. The van der Waals surface area contributed by atoms with Gasteiger partial charge in [-0.15, -0.1) is 0 Å². The molecule has 136 valence electrons. The average Bonchev–Trinajstić information content (AvgIpc) is 3.06. The molecule has 0 aliphatic carbocycles. The maximum atomic E-state index is 13.2. The number of anilines is 1. The zero-order valence-corrected chi connectivity index (χ0v) is 14.7. The maximum absolute atomic E-state index is 13.2. The number of rotatable bonds is 5. The average molecular weight is 355 g/mol. The molecular weight excluding hydrogens is 333 g/mol. The van der Waals surface area contributed by atoms with Crippen LogP contribution in [0.2, 0.25) is 0 Å². The number of likely N-dealkylation sites (tertiary alicyclic amines) is 1. The molecule has 0 aromatic heterocycles. The minimum absolute atomic E-state index is 0.0270. The fourth-order valence-electron chi connectivity index (χ4n) is 3.14. The first-order valence-electron chi connectivity index (χ1n) is 8.67. The standard InChI is InChI=1S/C20H22FN3O2/c1-24-10-4-9-18(24)20(26)22-13-14-5-2-8-17(11-14)23-19(25)15-6-3-7-16(21)12-15/h2-3,5-8,11-12,18H,4,9-10,13H2,1H3,(H,22,26)(H,23,25). The van der Waals surface area contributed by atoms with E-state index in [9.17, 15) is 14.0 Å². The van der Waals surface area contributed by atoms with Crippen molar-refractivity contribution in [2.45, 2.75) is 25.4 Å². The predicted molar refractivity (Wildman–Crippen MR) is 98.3 cm³/mol. The Bertz CT molecular complexity index is 809. The van der Waals surface area contributed by atoms with Gasteiger partial charge >= 0.3 is 0 Å². The van der Waals surface area contributed by atoms with Gasteiger partial charge in [-0.05, 0) is 62.3 Å². The molecule has 1 aliphatic rings. The summed E-state index contributed by atoms with van der Waals surface area (Å²) in [6.45, 7) is 1.34. The second-order valence-corrected chi connectivity index (χ2v) is 6.52. The Morgan fingerprint density at radius 3 is 2.73 bits per heavy atom. The van der Waals surface area contributed by atoms with E-state index in [0.29, 0.717) is 12.2 Å². The number of halogens is 1. The van der Waals surface area contributed by atoms with Gasteiger partial charge in [-0.2, -0.15) is 0 Å². The van der Waals surface area contributed by atoms with Gasteiger partial charge in [0.15, 0.2) is 0 Å². The van der Waals surface area contributed by atoms with Crippen LogP contribution in [0.5, 0.6) is 0 Å². The van der Waals surface area contributed by atoms with Crippen molar-refractivity contribution in [1.82, 2.24) is 10.2 Å². The molecule has 0 saturated carbocycles. The second-order valence-electron chi connectivity index (χ2n) is 6.52. The summed E-state index contributed by atoms with van der Waals surface area (Å²) in [7, 11) is 1.96. The van der Waals surface area contributed by atoms with E-state index in [4.69, 9.17) is 0 Å². The normalized spacial score (nSPS) is 17.1. The van der Waals surface area contributed by atoms with Gasteiger partial charge in [0.05, 0.1) is 6.04 Å². The van der Waals surface area contributed by atoms with E-state index >= 15 is 0 Å². The van der Waals surface area contributed by atoms with Crippen LogP contribution in [0.15, 0.2) is 48.5 Å². The van der Waals surface area contributed by atoms with Gasteiger partial charge < -0.3 is 10.6 Å². The number of carbonyl (C=O) groups is 2. The largest absolute Gasteiger partial charge is 0.351 e. The SMILES string of the molecule is CN1CCCC1C(=O)NCc1cccc(NC(=O)c2cccc(F)c2)c1. The van der Waals surface area contributed by atoms with Gasteiger partial charge in [0.25, 0.3) is 5.91 Å². The highest BCUT2D eigenvalue weighted by Gasteiger charge is 2.27. The van der Waals surface area contributed by atoms with Crippen molar-refractivity contribution in [3.8, 4) is 0 Å². The van der Waals surface area contributed by atoms with Crippen molar-refractivity contribution in [1.29, 1.82) is 0 Å². The van der Waals surface area contributed by atoms with Crippen molar-refractivity contribution in [2.75, 3.05) is 18.9 Å². The van der Waals surface area contributed by atoms with E-state index in [1.165, 1.54) is 18.2 Å². The van der Waals surface area contributed by atoms with Gasteiger partial charge in [-0.25, -0.2) is 4.39 Å². The summed E-state index contributed by atoms with van der Waals surface area (Å²) < 4.78 is 13.2. The highest BCUT2D eigenvalue weighted by molar-refractivity contribution is 6.04. The summed E-state index contributed by atoms with van der Waals surface area (Å²) in [6, 6.07) is 12.7. The summed E-state index contributed by atoms with van der Waals surface area (Å²) in [5, 5.41) is 5.70. The Hall–Kier alpha value is -2.73. The van der Waals surface area contributed by atoms with Crippen LogP contribution in [0, 0.1) is 5.82 Å². The quantitative estimate of drug-likeness (QED) is 0.867. The molecule has 5 nitrogen and oxygen atoms in total. The number of nitrogens with one attached hydrogen (secondary N) is 2. The Labute approximate surface area is 152 Å². The summed E-state index contributed by atoms with van der Waals surface area (Å²) in [5.74, 6) is -0.802. The Kier molecular flexibility index (Phi) is 5.63.